The zero-order valence-electron chi connectivity index (χ0n) is 19.2. The molecule has 0 atom stereocenters. The van der Waals surface area contributed by atoms with Crippen LogP contribution >= 0.6 is 0 Å². The Labute approximate surface area is 185 Å². The predicted octanol–water partition coefficient (Wildman–Crippen LogP) is 7.79. The highest BCUT2D eigenvalue weighted by Crippen LogP contribution is 2.34. The molecule has 0 aliphatic heterocycles. The Morgan fingerprint density at radius 1 is 0.903 bits per heavy atom. The molecule has 0 unspecified atom stereocenters. The molecule has 0 fully saturated rings. The summed E-state index contributed by atoms with van der Waals surface area (Å²) >= 11 is 0. The Kier molecular flexibility index (Phi) is 6.08. The SMILES string of the molecule is C=C(c1ccc2c(c1)c1cc(C(C)=NCCCC)ccc1n2CC)c1ccccc1C. The smallest absolute Gasteiger partial charge is 0.0491 e. The van der Waals surface area contributed by atoms with E-state index in [1.165, 1.54) is 50.5 Å². The summed E-state index contributed by atoms with van der Waals surface area (Å²) in [6.07, 6.45) is 2.31. The number of hydrogen-bond acceptors (Lipinski definition) is 1. The lowest BCUT2D eigenvalue weighted by molar-refractivity contribution is 0.808. The summed E-state index contributed by atoms with van der Waals surface area (Å²) in [5, 5.41) is 2.58. The van der Waals surface area contributed by atoms with Crippen LogP contribution in [0.15, 0.2) is 72.2 Å². The van der Waals surface area contributed by atoms with E-state index in [1.807, 2.05) is 0 Å². The fourth-order valence-electron chi connectivity index (χ4n) is 4.42. The third kappa shape index (κ3) is 3.95. The monoisotopic (exact) mass is 408 g/mol. The summed E-state index contributed by atoms with van der Waals surface area (Å²) in [6, 6.07) is 22.0. The topological polar surface area (TPSA) is 17.3 Å². The second-order valence-electron chi connectivity index (χ2n) is 8.32. The summed E-state index contributed by atoms with van der Waals surface area (Å²) < 4.78 is 2.40. The van der Waals surface area contributed by atoms with Crippen LogP contribution in [-0.4, -0.2) is 16.8 Å². The molecule has 158 valence electrons. The molecule has 3 aromatic carbocycles. The van der Waals surface area contributed by atoms with Crippen molar-refractivity contribution < 1.29 is 0 Å². The van der Waals surface area contributed by atoms with Gasteiger partial charge in [-0.2, -0.15) is 0 Å². The number of aryl methyl sites for hydroxylation is 2. The lowest BCUT2D eigenvalue weighted by atomic mass is 9.94. The van der Waals surface area contributed by atoms with Gasteiger partial charge in [0.2, 0.25) is 0 Å². The van der Waals surface area contributed by atoms with E-state index >= 15 is 0 Å². The summed E-state index contributed by atoms with van der Waals surface area (Å²) in [6.45, 7) is 15.0. The normalized spacial score (nSPS) is 12.1. The molecule has 2 heteroatoms. The number of rotatable bonds is 7. The van der Waals surface area contributed by atoms with Crippen molar-refractivity contribution in [3.8, 4) is 0 Å². The van der Waals surface area contributed by atoms with Gasteiger partial charge in [-0.15, -0.1) is 0 Å². The molecular weight excluding hydrogens is 376 g/mol. The molecular formula is C29H32N2. The molecule has 0 aliphatic rings. The summed E-state index contributed by atoms with van der Waals surface area (Å²) in [5.41, 5.74) is 9.60. The predicted molar refractivity (Wildman–Crippen MR) is 136 cm³/mol. The molecule has 0 saturated heterocycles. The van der Waals surface area contributed by atoms with Gasteiger partial charge >= 0.3 is 0 Å². The van der Waals surface area contributed by atoms with Gasteiger partial charge in [-0.1, -0.05) is 56.3 Å². The van der Waals surface area contributed by atoms with Crippen LogP contribution in [0.4, 0.5) is 0 Å². The molecule has 0 N–H and O–H groups in total. The Hall–Kier alpha value is -3.13. The Balaban J connectivity index is 1.86. The molecule has 0 radical (unpaired) electrons. The van der Waals surface area contributed by atoms with Crippen LogP contribution in [0.3, 0.4) is 0 Å². The first-order chi connectivity index (χ1) is 15.0. The largest absolute Gasteiger partial charge is 0.341 e. The van der Waals surface area contributed by atoms with Crippen molar-refractivity contribution in [2.45, 2.75) is 47.1 Å². The number of aliphatic imine (C=N–C) groups is 1. The highest BCUT2D eigenvalue weighted by Gasteiger charge is 2.13. The molecule has 1 aromatic heterocycles. The van der Waals surface area contributed by atoms with Crippen molar-refractivity contribution in [1.82, 2.24) is 4.57 Å². The maximum absolute atomic E-state index is 4.79. The number of aromatic nitrogens is 1. The van der Waals surface area contributed by atoms with Gasteiger partial charge in [0.1, 0.15) is 0 Å². The number of benzene rings is 3. The van der Waals surface area contributed by atoms with Gasteiger partial charge in [-0.05, 0) is 79.3 Å². The van der Waals surface area contributed by atoms with E-state index in [2.05, 4.69) is 99.5 Å². The van der Waals surface area contributed by atoms with E-state index < -0.39 is 0 Å². The molecule has 0 saturated carbocycles. The second-order valence-corrected chi connectivity index (χ2v) is 8.32. The third-order valence-electron chi connectivity index (χ3n) is 6.28. The zero-order valence-corrected chi connectivity index (χ0v) is 19.2. The van der Waals surface area contributed by atoms with Crippen LogP contribution < -0.4 is 0 Å². The first-order valence-electron chi connectivity index (χ1n) is 11.4. The Morgan fingerprint density at radius 3 is 2.19 bits per heavy atom. The number of unbranched alkanes of at least 4 members (excludes halogenated alkanes) is 1. The number of nitrogens with zero attached hydrogens (tertiary/aromatic N) is 2. The highest BCUT2D eigenvalue weighted by atomic mass is 15.0. The average Bonchev–Trinajstić information content (AvgIpc) is 3.11. The maximum atomic E-state index is 4.79. The van der Waals surface area contributed by atoms with Gasteiger partial charge in [0.15, 0.2) is 0 Å². The van der Waals surface area contributed by atoms with Crippen molar-refractivity contribution in [3.05, 3.63) is 89.5 Å². The zero-order chi connectivity index (χ0) is 22.0. The quantitative estimate of drug-likeness (QED) is 0.219. The minimum absolute atomic E-state index is 0.900. The first kappa shape index (κ1) is 21.1. The molecule has 0 amide bonds. The molecule has 0 spiro atoms. The summed E-state index contributed by atoms with van der Waals surface area (Å²) in [5.74, 6) is 0. The van der Waals surface area contributed by atoms with Gasteiger partial charge in [0, 0.05) is 40.6 Å². The number of fused-ring (bicyclic) bond motifs is 3. The average molecular weight is 409 g/mol. The highest BCUT2D eigenvalue weighted by molar-refractivity contribution is 6.12. The minimum Gasteiger partial charge on any atom is -0.341 e. The van der Waals surface area contributed by atoms with Crippen molar-refractivity contribution in [1.29, 1.82) is 0 Å². The fourth-order valence-corrected chi connectivity index (χ4v) is 4.42. The van der Waals surface area contributed by atoms with Gasteiger partial charge in [0.05, 0.1) is 0 Å². The van der Waals surface area contributed by atoms with Crippen LogP contribution in [0.5, 0.6) is 0 Å². The van der Waals surface area contributed by atoms with Gasteiger partial charge in [-0.25, -0.2) is 0 Å². The minimum atomic E-state index is 0.900. The molecule has 0 bridgehead atoms. The van der Waals surface area contributed by atoms with Crippen molar-refractivity contribution in [3.63, 3.8) is 0 Å². The second kappa shape index (κ2) is 8.93. The maximum Gasteiger partial charge on any atom is 0.0491 e. The molecule has 1 heterocycles. The summed E-state index contributed by atoms with van der Waals surface area (Å²) in [4.78, 5) is 4.79. The van der Waals surface area contributed by atoms with E-state index in [4.69, 9.17) is 4.99 Å². The van der Waals surface area contributed by atoms with Crippen molar-refractivity contribution in [2.24, 2.45) is 4.99 Å². The van der Waals surface area contributed by atoms with E-state index in [9.17, 15) is 0 Å². The van der Waals surface area contributed by atoms with E-state index in [0.29, 0.717) is 0 Å². The number of hydrogen-bond donors (Lipinski definition) is 0. The van der Waals surface area contributed by atoms with Gasteiger partial charge in [-0.3, -0.25) is 4.99 Å². The van der Waals surface area contributed by atoms with Crippen molar-refractivity contribution in [2.75, 3.05) is 6.54 Å². The lowest BCUT2D eigenvalue weighted by Crippen LogP contribution is -1.97. The van der Waals surface area contributed by atoms with Gasteiger partial charge in [0.25, 0.3) is 0 Å². The Bertz CT molecular complexity index is 1290. The van der Waals surface area contributed by atoms with Crippen LogP contribution in [0.2, 0.25) is 0 Å². The van der Waals surface area contributed by atoms with Crippen LogP contribution in [0.25, 0.3) is 27.4 Å². The van der Waals surface area contributed by atoms with Crippen LogP contribution in [-0.2, 0) is 6.54 Å². The Morgan fingerprint density at radius 2 is 1.55 bits per heavy atom. The molecule has 2 nitrogen and oxygen atoms in total. The van der Waals surface area contributed by atoms with Crippen LogP contribution in [0.1, 0.15) is 55.9 Å². The third-order valence-corrected chi connectivity index (χ3v) is 6.28. The molecule has 4 aromatic rings. The van der Waals surface area contributed by atoms with E-state index in [-0.39, 0.29) is 0 Å². The van der Waals surface area contributed by atoms with Crippen molar-refractivity contribution >= 4 is 33.1 Å². The lowest BCUT2D eigenvalue weighted by Gasteiger charge is -2.10. The molecule has 4 rings (SSSR count). The molecule has 0 aliphatic carbocycles. The first-order valence-corrected chi connectivity index (χ1v) is 11.4. The fraction of sp³-hybridized carbons (Fsp3) is 0.276. The van der Waals surface area contributed by atoms with Gasteiger partial charge < -0.3 is 4.57 Å². The van der Waals surface area contributed by atoms with E-state index in [1.54, 1.807) is 0 Å². The summed E-state index contributed by atoms with van der Waals surface area (Å²) in [7, 11) is 0. The van der Waals surface area contributed by atoms with Crippen LogP contribution in [0, 0.1) is 6.92 Å². The molecule has 31 heavy (non-hydrogen) atoms. The van der Waals surface area contributed by atoms with E-state index in [0.717, 1.165) is 30.8 Å². The standard InChI is InChI=1S/C29H32N2/c1-6-8-17-30-22(5)24-14-16-29-27(19-24)26-18-23(13-15-28(26)31(29)7-2)21(4)25-12-10-9-11-20(25)3/h9-16,18-19H,4,6-8,17H2,1-3,5H3.